The molecule has 0 aromatic heterocycles. The van der Waals surface area contributed by atoms with Crippen molar-refractivity contribution in [1.82, 2.24) is 0 Å². The Labute approximate surface area is 80.2 Å². The lowest BCUT2D eigenvalue weighted by Crippen LogP contribution is -2.08. The summed E-state index contributed by atoms with van der Waals surface area (Å²) in [7, 11) is 0. The summed E-state index contributed by atoms with van der Waals surface area (Å²) in [6, 6.07) is 0. The van der Waals surface area contributed by atoms with E-state index in [0.717, 1.165) is 17.4 Å². The molecule has 0 aliphatic heterocycles. The highest BCUT2D eigenvalue weighted by atomic mass is 16.3. The van der Waals surface area contributed by atoms with Crippen LogP contribution in [0.5, 0.6) is 0 Å². The van der Waals surface area contributed by atoms with Crippen LogP contribution in [0.25, 0.3) is 0 Å². The first-order chi connectivity index (χ1) is 6.16. The third-order valence-corrected chi connectivity index (χ3v) is 3.47. The zero-order valence-corrected chi connectivity index (χ0v) is 8.40. The summed E-state index contributed by atoms with van der Waals surface area (Å²) >= 11 is 0. The van der Waals surface area contributed by atoms with Gasteiger partial charge in [-0.1, -0.05) is 18.2 Å². The molecule has 0 heterocycles. The normalized spacial score (nSPS) is 39.9. The molecule has 1 N–H and O–H groups in total. The number of rotatable bonds is 2. The molecular formula is C12H18O. The molecule has 0 spiro atoms. The van der Waals surface area contributed by atoms with Gasteiger partial charge in [0, 0.05) is 0 Å². The van der Waals surface area contributed by atoms with Crippen LogP contribution in [-0.4, -0.2) is 11.2 Å². The van der Waals surface area contributed by atoms with E-state index in [4.69, 9.17) is 0 Å². The molecule has 2 bridgehead atoms. The third kappa shape index (κ3) is 1.71. The van der Waals surface area contributed by atoms with Gasteiger partial charge in [0.05, 0.1) is 6.10 Å². The lowest BCUT2D eigenvalue weighted by Gasteiger charge is -2.15. The molecule has 13 heavy (non-hydrogen) atoms. The number of aliphatic hydroxyl groups excluding tert-OH is 1. The van der Waals surface area contributed by atoms with Crippen molar-refractivity contribution < 1.29 is 5.11 Å². The maximum Gasteiger partial charge on any atom is 0.0719 e. The number of fused-ring (bicyclic) bond motifs is 2. The fourth-order valence-electron chi connectivity index (χ4n) is 2.49. The van der Waals surface area contributed by atoms with Crippen LogP contribution in [0.2, 0.25) is 0 Å². The van der Waals surface area contributed by atoms with Gasteiger partial charge in [-0.25, -0.2) is 0 Å². The van der Waals surface area contributed by atoms with Crippen molar-refractivity contribution in [3.05, 3.63) is 23.8 Å². The Morgan fingerprint density at radius 2 is 2.23 bits per heavy atom. The highest BCUT2D eigenvalue weighted by Crippen LogP contribution is 2.44. The van der Waals surface area contributed by atoms with E-state index in [9.17, 15) is 5.11 Å². The van der Waals surface area contributed by atoms with Crippen LogP contribution in [0.4, 0.5) is 0 Å². The molecule has 2 aliphatic carbocycles. The Bertz CT molecular complexity index is 250. The molecule has 1 nitrogen and oxygen atoms in total. The molecule has 0 saturated heterocycles. The van der Waals surface area contributed by atoms with E-state index >= 15 is 0 Å². The van der Waals surface area contributed by atoms with Gasteiger partial charge in [0.15, 0.2) is 0 Å². The van der Waals surface area contributed by atoms with Crippen molar-refractivity contribution in [2.45, 2.75) is 32.8 Å². The summed E-state index contributed by atoms with van der Waals surface area (Å²) in [5.74, 6) is 2.29. The molecule has 2 aliphatic rings. The number of hydrogen-bond donors (Lipinski definition) is 1. The van der Waals surface area contributed by atoms with Gasteiger partial charge in [-0.2, -0.15) is 0 Å². The maximum absolute atomic E-state index is 9.37. The fraction of sp³-hybridized carbons (Fsp3) is 0.667. The first-order valence-electron chi connectivity index (χ1n) is 5.21. The Morgan fingerprint density at radius 3 is 2.69 bits per heavy atom. The highest BCUT2D eigenvalue weighted by molar-refractivity contribution is 5.17. The van der Waals surface area contributed by atoms with E-state index < -0.39 is 0 Å². The van der Waals surface area contributed by atoms with E-state index in [2.05, 4.69) is 18.2 Å². The van der Waals surface area contributed by atoms with E-state index in [-0.39, 0.29) is 6.10 Å². The molecule has 0 aromatic rings. The minimum absolute atomic E-state index is 0.275. The van der Waals surface area contributed by atoms with Crippen molar-refractivity contribution in [2.75, 3.05) is 0 Å². The number of aliphatic hydroxyl groups is 1. The smallest absolute Gasteiger partial charge is 0.0719 e. The quantitative estimate of drug-likeness (QED) is 0.644. The Morgan fingerprint density at radius 1 is 1.46 bits per heavy atom. The van der Waals surface area contributed by atoms with Crippen LogP contribution in [-0.2, 0) is 0 Å². The first-order valence-corrected chi connectivity index (χ1v) is 5.21. The van der Waals surface area contributed by atoms with Crippen molar-refractivity contribution >= 4 is 0 Å². The Kier molecular flexibility index (Phi) is 2.29. The third-order valence-electron chi connectivity index (χ3n) is 3.47. The second-order valence-corrected chi connectivity index (χ2v) is 4.53. The summed E-state index contributed by atoms with van der Waals surface area (Å²) < 4.78 is 0. The maximum atomic E-state index is 9.37. The molecule has 1 heteroatoms. The molecule has 1 saturated carbocycles. The lowest BCUT2D eigenvalue weighted by atomic mass is 9.91. The zero-order chi connectivity index (χ0) is 9.42. The average Bonchev–Trinajstić information content (AvgIpc) is 2.64. The molecule has 0 radical (unpaired) electrons. The van der Waals surface area contributed by atoms with Crippen molar-refractivity contribution in [3.63, 3.8) is 0 Å². The van der Waals surface area contributed by atoms with Crippen LogP contribution in [0.15, 0.2) is 23.8 Å². The standard InChI is InChI=1S/C12H18O/c1-8(9(2)13)5-12-7-10-3-4-11(12)6-10/h3-5,9-13H,6-7H2,1-2H3/b8-5+/t9-,10+,11+,12-/m1/s1. The van der Waals surface area contributed by atoms with Gasteiger partial charge in [0.1, 0.15) is 0 Å². The molecule has 0 aromatic carbocycles. The minimum atomic E-state index is -0.275. The number of hydrogen-bond acceptors (Lipinski definition) is 1. The monoisotopic (exact) mass is 178 g/mol. The summed E-state index contributed by atoms with van der Waals surface area (Å²) in [6.07, 6.45) is 9.35. The van der Waals surface area contributed by atoms with Crippen LogP contribution >= 0.6 is 0 Å². The molecule has 0 unspecified atom stereocenters. The molecule has 4 atom stereocenters. The average molecular weight is 178 g/mol. The van der Waals surface area contributed by atoms with Crippen LogP contribution in [0, 0.1) is 17.8 Å². The van der Waals surface area contributed by atoms with Crippen molar-refractivity contribution in [3.8, 4) is 0 Å². The molecule has 0 amide bonds. The van der Waals surface area contributed by atoms with Crippen LogP contribution in [0.3, 0.4) is 0 Å². The van der Waals surface area contributed by atoms with Gasteiger partial charge >= 0.3 is 0 Å². The Balaban J connectivity index is 2.04. The molecular weight excluding hydrogens is 160 g/mol. The van der Waals surface area contributed by atoms with Gasteiger partial charge in [-0.05, 0) is 50.0 Å². The molecule has 1 fully saturated rings. The predicted octanol–water partition coefficient (Wildman–Crippen LogP) is 2.53. The second-order valence-electron chi connectivity index (χ2n) is 4.53. The molecule has 72 valence electrons. The van der Waals surface area contributed by atoms with E-state index in [0.29, 0.717) is 5.92 Å². The van der Waals surface area contributed by atoms with Gasteiger partial charge < -0.3 is 5.11 Å². The fourth-order valence-corrected chi connectivity index (χ4v) is 2.49. The minimum Gasteiger partial charge on any atom is -0.389 e. The summed E-state index contributed by atoms with van der Waals surface area (Å²) in [5, 5.41) is 9.37. The van der Waals surface area contributed by atoms with E-state index in [1.165, 1.54) is 12.8 Å². The van der Waals surface area contributed by atoms with E-state index in [1.807, 2.05) is 13.8 Å². The predicted molar refractivity (Wildman–Crippen MR) is 54.3 cm³/mol. The summed E-state index contributed by atoms with van der Waals surface area (Å²) in [6.45, 7) is 3.87. The van der Waals surface area contributed by atoms with E-state index in [1.54, 1.807) is 0 Å². The summed E-state index contributed by atoms with van der Waals surface area (Å²) in [4.78, 5) is 0. The number of allylic oxidation sites excluding steroid dienone is 3. The van der Waals surface area contributed by atoms with Gasteiger partial charge in [0.25, 0.3) is 0 Å². The van der Waals surface area contributed by atoms with Gasteiger partial charge in [-0.15, -0.1) is 0 Å². The Hall–Kier alpha value is -0.560. The highest BCUT2D eigenvalue weighted by Gasteiger charge is 2.34. The topological polar surface area (TPSA) is 20.2 Å². The SMILES string of the molecule is C/C(=C\[C@@H]1C[C@H]2C=C[C@H]1C2)[C@@H](C)O. The lowest BCUT2D eigenvalue weighted by molar-refractivity contribution is 0.230. The van der Waals surface area contributed by atoms with Gasteiger partial charge in [-0.3, -0.25) is 0 Å². The van der Waals surface area contributed by atoms with Crippen LogP contribution < -0.4 is 0 Å². The largest absolute Gasteiger partial charge is 0.389 e. The second kappa shape index (κ2) is 3.30. The van der Waals surface area contributed by atoms with Gasteiger partial charge in [0.2, 0.25) is 0 Å². The first kappa shape index (κ1) is 9.01. The van der Waals surface area contributed by atoms with Crippen molar-refractivity contribution in [1.29, 1.82) is 0 Å². The zero-order valence-electron chi connectivity index (χ0n) is 8.40. The summed E-state index contributed by atoms with van der Waals surface area (Å²) in [5.41, 5.74) is 1.13. The van der Waals surface area contributed by atoms with Crippen LogP contribution in [0.1, 0.15) is 26.7 Å². The molecule has 2 rings (SSSR count). The van der Waals surface area contributed by atoms with Crippen molar-refractivity contribution in [2.24, 2.45) is 17.8 Å².